The molecule has 0 saturated carbocycles. The quantitative estimate of drug-likeness (QED) is 0.607. The summed E-state index contributed by atoms with van der Waals surface area (Å²) in [5.74, 6) is -0.760. The van der Waals surface area contributed by atoms with Crippen molar-refractivity contribution in [3.63, 3.8) is 0 Å². The average Bonchev–Trinajstić information content (AvgIpc) is 3.21. The highest BCUT2D eigenvalue weighted by Gasteiger charge is 2.63. The van der Waals surface area contributed by atoms with E-state index in [-0.39, 0.29) is 17.6 Å². The van der Waals surface area contributed by atoms with Crippen LogP contribution in [0.2, 0.25) is 5.82 Å². The van der Waals surface area contributed by atoms with Crippen LogP contribution in [0.25, 0.3) is 0 Å². The van der Waals surface area contributed by atoms with E-state index in [4.69, 9.17) is 9.31 Å². The molecular weight excluding hydrogens is 329 g/mol. The fourth-order valence-corrected chi connectivity index (χ4v) is 4.61. The molecule has 2 heterocycles. The first-order valence-electron chi connectivity index (χ1n) is 8.95. The maximum absolute atomic E-state index is 13.6. The first-order chi connectivity index (χ1) is 12.4. The van der Waals surface area contributed by atoms with E-state index in [0.29, 0.717) is 24.5 Å². The molecule has 134 valence electrons. The number of anilines is 1. The van der Waals surface area contributed by atoms with Crippen molar-refractivity contribution in [2.45, 2.75) is 33.5 Å². The van der Waals surface area contributed by atoms with Crippen molar-refractivity contribution in [2.24, 2.45) is 5.41 Å². The zero-order chi connectivity index (χ0) is 18.6. The van der Waals surface area contributed by atoms with Gasteiger partial charge in [0.15, 0.2) is 0 Å². The van der Waals surface area contributed by atoms with E-state index in [1.807, 2.05) is 45.9 Å². The third-order valence-electron chi connectivity index (χ3n) is 6.14. The molecule has 1 aromatic rings. The molecule has 0 N–H and O–H groups in total. The first-order valence-corrected chi connectivity index (χ1v) is 8.95. The summed E-state index contributed by atoms with van der Waals surface area (Å²) in [4.78, 5) is 28.2. The number of hydrogen-bond donors (Lipinski definition) is 0. The lowest BCUT2D eigenvalue weighted by Crippen LogP contribution is -2.44. The molecule has 2 fully saturated rings. The predicted octanol–water partition coefficient (Wildman–Crippen LogP) is 3.14. The molecule has 5 nitrogen and oxygen atoms in total. The fraction of sp³-hybridized carbons (Fsp3) is 0.400. The van der Waals surface area contributed by atoms with Gasteiger partial charge in [-0.15, -0.1) is 0 Å². The molecule has 1 aliphatic carbocycles. The summed E-state index contributed by atoms with van der Waals surface area (Å²) in [6, 6.07) is 9.11. The number of rotatable bonds is 2. The molecule has 2 atom stereocenters. The molecule has 0 aromatic heterocycles. The van der Waals surface area contributed by atoms with Crippen LogP contribution in [0.15, 0.2) is 52.6 Å². The highest BCUT2D eigenvalue weighted by Crippen LogP contribution is 2.57. The monoisotopic (exact) mass is 351 g/mol. The van der Waals surface area contributed by atoms with Gasteiger partial charge in [-0.3, -0.25) is 9.59 Å². The van der Waals surface area contributed by atoms with Gasteiger partial charge in [-0.1, -0.05) is 23.8 Å². The average molecular weight is 351 g/mol. The number of amides is 2. The second-order valence-electron chi connectivity index (χ2n) is 7.38. The summed E-state index contributed by atoms with van der Waals surface area (Å²) in [7, 11) is -0.509. The molecule has 0 radical (unpaired) electrons. The number of hydrogen-bond acceptors (Lipinski definition) is 4. The molecule has 2 unspecified atom stereocenters. The largest absolute Gasteiger partial charge is 0.466 e. The minimum atomic E-state index is -0.990. The van der Waals surface area contributed by atoms with Gasteiger partial charge in [0, 0.05) is 11.4 Å². The molecular formula is C20H22BNO4. The molecule has 26 heavy (non-hydrogen) atoms. The van der Waals surface area contributed by atoms with Gasteiger partial charge in [0.1, 0.15) is 0 Å². The molecule has 0 bridgehead atoms. The Labute approximate surface area is 153 Å². The van der Waals surface area contributed by atoms with Crippen molar-refractivity contribution in [3.8, 4) is 0 Å². The van der Waals surface area contributed by atoms with Crippen molar-refractivity contribution >= 4 is 24.6 Å². The van der Waals surface area contributed by atoms with Crippen LogP contribution >= 0.6 is 0 Å². The predicted molar refractivity (Wildman–Crippen MR) is 99.5 cm³/mol. The number of fused-ring (bicyclic) bond motifs is 1. The number of allylic oxidation sites excluding steroid dienone is 3. The van der Waals surface area contributed by atoms with Gasteiger partial charge in [0.25, 0.3) is 5.91 Å². The summed E-state index contributed by atoms with van der Waals surface area (Å²) in [6.07, 6.45) is 0. The molecule has 1 aromatic carbocycles. The fourth-order valence-electron chi connectivity index (χ4n) is 4.61. The number of nitrogens with zero attached hydrogens (tertiary/aromatic N) is 1. The highest BCUT2D eigenvalue weighted by molar-refractivity contribution is 6.50. The smallest absolute Gasteiger partial charge is 0.408 e. The zero-order valence-corrected chi connectivity index (χ0v) is 15.5. The molecule has 0 spiro atoms. The van der Waals surface area contributed by atoms with Gasteiger partial charge in [0.2, 0.25) is 5.91 Å². The van der Waals surface area contributed by atoms with Crippen molar-refractivity contribution < 1.29 is 18.9 Å². The molecule has 2 aliphatic heterocycles. The second-order valence-corrected chi connectivity index (χ2v) is 7.38. The van der Waals surface area contributed by atoms with E-state index in [0.717, 1.165) is 16.7 Å². The van der Waals surface area contributed by atoms with Crippen LogP contribution in [0, 0.1) is 5.41 Å². The Morgan fingerprint density at radius 1 is 1.04 bits per heavy atom. The maximum Gasteiger partial charge on any atom is 0.466 e. The van der Waals surface area contributed by atoms with Crippen LogP contribution in [0.5, 0.6) is 0 Å². The highest BCUT2D eigenvalue weighted by atomic mass is 16.6. The Bertz CT molecular complexity index is 854. The van der Waals surface area contributed by atoms with Crippen molar-refractivity contribution in [1.82, 2.24) is 0 Å². The summed E-state index contributed by atoms with van der Waals surface area (Å²) in [5.41, 5.74) is 3.15. The molecule has 2 saturated heterocycles. The molecule has 3 aliphatic rings. The Morgan fingerprint density at radius 2 is 1.65 bits per heavy atom. The van der Waals surface area contributed by atoms with Crippen molar-refractivity contribution in [3.05, 3.63) is 52.6 Å². The molecule has 2 amide bonds. The summed E-state index contributed by atoms with van der Waals surface area (Å²) in [5, 5.41) is 0. The number of carbonyl (C=O) groups is 2. The van der Waals surface area contributed by atoms with Crippen LogP contribution < -0.4 is 4.90 Å². The van der Waals surface area contributed by atoms with Gasteiger partial charge in [-0.05, 0) is 51.0 Å². The van der Waals surface area contributed by atoms with Gasteiger partial charge >= 0.3 is 7.12 Å². The van der Waals surface area contributed by atoms with Crippen LogP contribution in [0.1, 0.15) is 27.7 Å². The van der Waals surface area contributed by atoms with E-state index in [2.05, 4.69) is 0 Å². The second kappa shape index (κ2) is 5.93. The summed E-state index contributed by atoms with van der Waals surface area (Å²) >= 11 is 0. The Balaban J connectivity index is 1.91. The van der Waals surface area contributed by atoms with Gasteiger partial charge < -0.3 is 9.31 Å². The Hall–Kier alpha value is -2.18. The van der Waals surface area contributed by atoms with E-state index in [1.54, 1.807) is 12.1 Å². The minimum Gasteiger partial charge on any atom is -0.408 e. The van der Waals surface area contributed by atoms with E-state index in [1.165, 1.54) is 4.90 Å². The minimum absolute atomic E-state index is 0.209. The van der Waals surface area contributed by atoms with Gasteiger partial charge in [0.05, 0.1) is 24.3 Å². The van der Waals surface area contributed by atoms with Gasteiger partial charge in [-0.25, -0.2) is 4.90 Å². The normalized spacial score (nSPS) is 29.2. The van der Waals surface area contributed by atoms with Crippen molar-refractivity contribution in [2.75, 3.05) is 18.1 Å². The summed E-state index contributed by atoms with van der Waals surface area (Å²) in [6.45, 7) is 8.82. The standard InChI is InChI=1S/C20H22BNO4/c1-12-13(2)16-18(23)22(15-8-6-5-7-9-15)19(24)20(16,4)17(14(12)3)21-25-10-11-26-21/h5-9,17H,10-11H2,1-4H3. The van der Waals surface area contributed by atoms with E-state index in [9.17, 15) is 9.59 Å². The van der Waals surface area contributed by atoms with Crippen LogP contribution in [-0.2, 0) is 18.9 Å². The third kappa shape index (κ3) is 2.12. The topological polar surface area (TPSA) is 55.8 Å². The zero-order valence-electron chi connectivity index (χ0n) is 15.5. The lowest BCUT2D eigenvalue weighted by Gasteiger charge is -2.39. The molecule has 4 rings (SSSR count). The van der Waals surface area contributed by atoms with Crippen molar-refractivity contribution in [1.29, 1.82) is 0 Å². The number of carbonyl (C=O) groups excluding carboxylic acids is 2. The SMILES string of the molecule is CC1=C(C)C(B2OCCO2)C2(C)C(=O)N(c3ccccc3)C(=O)C2=C1C. The first kappa shape index (κ1) is 17.2. The third-order valence-corrected chi connectivity index (χ3v) is 6.14. The number of para-hydroxylation sites is 1. The Kier molecular flexibility index (Phi) is 3.93. The number of imide groups is 1. The van der Waals surface area contributed by atoms with E-state index >= 15 is 0 Å². The van der Waals surface area contributed by atoms with Gasteiger partial charge in [-0.2, -0.15) is 0 Å². The lowest BCUT2D eigenvalue weighted by molar-refractivity contribution is -0.125. The van der Waals surface area contributed by atoms with Crippen LogP contribution in [0.3, 0.4) is 0 Å². The van der Waals surface area contributed by atoms with Crippen LogP contribution in [0.4, 0.5) is 5.69 Å². The maximum atomic E-state index is 13.6. The number of benzene rings is 1. The Morgan fingerprint density at radius 3 is 2.27 bits per heavy atom. The van der Waals surface area contributed by atoms with Crippen LogP contribution in [-0.4, -0.2) is 32.1 Å². The lowest BCUT2D eigenvalue weighted by atomic mass is 9.50. The molecule has 6 heteroatoms. The summed E-state index contributed by atoms with van der Waals surface area (Å²) < 4.78 is 11.6. The van der Waals surface area contributed by atoms with E-state index < -0.39 is 12.5 Å².